The molecule has 0 aromatic rings. The molecule has 23 heavy (non-hydrogen) atoms. The molecule has 2 rings (SSSR count). The highest BCUT2D eigenvalue weighted by molar-refractivity contribution is 5.77. The normalized spacial score (nSPS) is 29.3. The van der Waals surface area contributed by atoms with Gasteiger partial charge in [0.05, 0.1) is 12.0 Å². The minimum Gasteiger partial charge on any atom is -0.389 e. The van der Waals surface area contributed by atoms with E-state index in [9.17, 15) is 9.90 Å². The van der Waals surface area contributed by atoms with Crippen LogP contribution in [0.5, 0.6) is 0 Å². The van der Waals surface area contributed by atoms with Crippen LogP contribution in [-0.4, -0.2) is 46.7 Å². The van der Waals surface area contributed by atoms with Crippen molar-refractivity contribution < 1.29 is 9.90 Å². The maximum absolute atomic E-state index is 12.3. The van der Waals surface area contributed by atoms with Crippen LogP contribution in [0.2, 0.25) is 0 Å². The number of carbonyl (C=O) groups is 1. The van der Waals surface area contributed by atoms with Gasteiger partial charge in [-0.15, -0.1) is 0 Å². The van der Waals surface area contributed by atoms with E-state index in [1.165, 1.54) is 12.8 Å². The maximum Gasteiger partial charge on any atom is 0.222 e. The van der Waals surface area contributed by atoms with Crippen molar-refractivity contribution in [3.05, 3.63) is 0 Å². The molecule has 2 fully saturated rings. The van der Waals surface area contributed by atoms with Crippen LogP contribution in [0.15, 0.2) is 0 Å². The second-order valence-electron chi connectivity index (χ2n) is 8.90. The summed E-state index contributed by atoms with van der Waals surface area (Å²) in [6.45, 7) is 11.9. The van der Waals surface area contributed by atoms with Crippen molar-refractivity contribution in [1.82, 2.24) is 10.2 Å². The molecular formula is C19H36N2O2. The van der Waals surface area contributed by atoms with Crippen molar-refractivity contribution in [2.45, 2.75) is 83.8 Å². The molecule has 0 unspecified atom stereocenters. The quantitative estimate of drug-likeness (QED) is 0.817. The van der Waals surface area contributed by atoms with E-state index in [-0.39, 0.29) is 17.9 Å². The highest BCUT2D eigenvalue weighted by Gasteiger charge is 2.35. The van der Waals surface area contributed by atoms with Crippen LogP contribution in [-0.2, 0) is 4.79 Å². The third-order valence-electron chi connectivity index (χ3n) is 5.72. The summed E-state index contributed by atoms with van der Waals surface area (Å²) in [5, 5.41) is 13.6. The molecule has 4 heteroatoms. The van der Waals surface area contributed by atoms with E-state index in [0.29, 0.717) is 6.54 Å². The lowest BCUT2D eigenvalue weighted by molar-refractivity contribution is -0.128. The molecular weight excluding hydrogens is 288 g/mol. The fraction of sp³-hybridized carbons (Fsp3) is 0.947. The maximum atomic E-state index is 12.3. The molecule has 2 N–H and O–H groups in total. The number of amides is 1. The van der Waals surface area contributed by atoms with E-state index in [1.54, 1.807) is 0 Å². The SMILES string of the molecule is C[C@H]1C[C@H](C)CN(C(C)(C)CNC(=O)CC2(O)CCCCC2)C1. The van der Waals surface area contributed by atoms with Gasteiger partial charge in [-0.25, -0.2) is 0 Å². The summed E-state index contributed by atoms with van der Waals surface area (Å²) in [5.74, 6) is 1.44. The molecule has 134 valence electrons. The van der Waals surface area contributed by atoms with Crippen molar-refractivity contribution in [1.29, 1.82) is 0 Å². The van der Waals surface area contributed by atoms with Crippen molar-refractivity contribution in [3.63, 3.8) is 0 Å². The Kier molecular flexibility index (Phi) is 6.12. The van der Waals surface area contributed by atoms with Crippen molar-refractivity contribution in [3.8, 4) is 0 Å². The van der Waals surface area contributed by atoms with E-state index in [2.05, 4.69) is 37.9 Å². The molecule has 1 aliphatic carbocycles. The first kappa shape index (κ1) is 18.7. The molecule has 0 aromatic heterocycles. The lowest BCUT2D eigenvalue weighted by Crippen LogP contribution is -2.56. The highest BCUT2D eigenvalue weighted by atomic mass is 16.3. The first-order valence-corrected chi connectivity index (χ1v) is 9.44. The Balaban J connectivity index is 1.82. The van der Waals surface area contributed by atoms with Crippen LogP contribution in [0, 0.1) is 11.8 Å². The second kappa shape index (κ2) is 7.52. The molecule has 2 atom stereocenters. The Bertz CT molecular complexity index is 392. The van der Waals surface area contributed by atoms with Gasteiger partial charge in [0.15, 0.2) is 0 Å². The Morgan fingerprint density at radius 2 is 1.74 bits per heavy atom. The van der Waals surface area contributed by atoms with Gasteiger partial charge < -0.3 is 10.4 Å². The average Bonchev–Trinajstić information content (AvgIpc) is 2.44. The van der Waals surface area contributed by atoms with E-state index >= 15 is 0 Å². The number of aliphatic hydroxyl groups is 1. The van der Waals surface area contributed by atoms with Crippen LogP contribution in [0.4, 0.5) is 0 Å². The number of nitrogens with zero attached hydrogens (tertiary/aromatic N) is 1. The molecule has 4 nitrogen and oxygen atoms in total. The summed E-state index contributed by atoms with van der Waals surface area (Å²) in [6, 6.07) is 0. The lowest BCUT2D eigenvalue weighted by Gasteiger charge is -2.45. The number of nitrogens with one attached hydrogen (secondary N) is 1. The van der Waals surface area contributed by atoms with Gasteiger partial charge >= 0.3 is 0 Å². The molecule has 2 aliphatic rings. The summed E-state index contributed by atoms with van der Waals surface area (Å²) >= 11 is 0. The van der Waals surface area contributed by atoms with Crippen LogP contribution in [0.1, 0.15) is 72.6 Å². The molecule has 0 bridgehead atoms. The topological polar surface area (TPSA) is 52.6 Å². The Morgan fingerprint density at radius 1 is 1.17 bits per heavy atom. The number of likely N-dealkylation sites (tertiary alicyclic amines) is 1. The summed E-state index contributed by atoms with van der Waals surface area (Å²) in [7, 11) is 0. The van der Waals surface area contributed by atoms with Crippen LogP contribution >= 0.6 is 0 Å². The van der Waals surface area contributed by atoms with Gasteiger partial charge in [0.25, 0.3) is 0 Å². The molecule has 0 spiro atoms. The third kappa shape index (κ3) is 5.46. The lowest BCUT2D eigenvalue weighted by atomic mass is 9.82. The summed E-state index contributed by atoms with van der Waals surface area (Å²) < 4.78 is 0. The molecule has 1 aliphatic heterocycles. The number of piperidine rings is 1. The van der Waals surface area contributed by atoms with Crippen molar-refractivity contribution in [2.24, 2.45) is 11.8 Å². The van der Waals surface area contributed by atoms with Crippen molar-refractivity contribution in [2.75, 3.05) is 19.6 Å². The predicted molar refractivity (Wildman–Crippen MR) is 94.3 cm³/mol. The van der Waals surface area contributed by atoms with Gasteiger partial charge in [-0.1, -0.05) is 33.1 Å². The van der Waals surface area contributed by atoms with Crippen LogP contribution in [0.3, 0.4) is 0 Å². The van der Waals surface area contributed by atoms with Gasteiger partial charge in [-0.3, -0.25) is 9.69 Å². The van der Waals surface area contributed by atoms with Gasteiger partial charge in [-0.2, -0.15) is 0 Å². The fourth-order valence-electron chi connectivity index (χ4n) is 4.33. The van der Waals surface area contributed by atoms with Gasteiger partial charge in [-0.05, 0) is 44.9 Å². The summed E-state index contributed by atoms with van der Waals surface area (Å²) in [5.41, 5.74) is -0.797. The second-order valence-corrected chi connectivity index (χ2v) is 8.90. The number of hydrogen-bond acceptors (Lipinski definition) is 3. The molecule has 0 aromatic carbocycles. The zero-order valence-electron chi connectivity index (χ0n) is 15.5. The predicted octanol–water partition coefficient (Wildman–Crippen LogP) is 2.94. The molecule has 1 heterocycles. The van der Waals surface area contributed by atoms with Crippen LogP contribution in [0.25, 0.3) is 0 Å². The Morgan fingerprint density at radius 3 is 2.30 bits per heavy atom. The smallest absolute Gasteiger partial charge is 0.222 e. The first-order valence-electron chi connectivity index (χ1n) is 9.44. The molecule has 0 radical (unpaired) electrons. The molecule has 1 amide bonds. The minimum atomic E-state index is -0.763. The number of hydrogen-bond donors (Lipinski definition) is 2. The molecule has 1 saturated heterocycles. The van der Waals surface area contributed by atoms with E-state index in [4.69, 9.17) is 0 Å². The zero-order valence-corrected chi connectivity index (χ0v) is 15.5. The number of rotatable bonds is 5. The first-order chi connectivity index (χ1) is 10.7. The standard InChI is InChI=1S/C19H36N2O2/c1-15-10-16(2)13-21(12-15)18(3,4)14-20-17(22)11-19(23)8-6-5-7-9-19/h15-16,23H,5-14H2,1-4H3,(H,20,22)/t15-,16-/m0/s1. The summed E-state index contributed by atoms with van der Waals surface area (Å²) in [4.78, 5) is 14.8. The average molecular weight is 325 g/mol. The minimum absolute atomic E-state index is 0.000538. The van der Waals surface area contributed by atoms with Gasteiger partial charge in [0, 0.05) is 25.2 Å². The van der Waals surface area contributed by atoms with Gasteiger partial charge in [0.2, 0.25) is 5.91 Å². The fourth-order valence-corrected chi connectivity index (χ4v) is 4.33. The largest absolute Gasteiger partial charge is 0.389 e. The third-order valence-corrected chi connectivity index (χ3v) is 5.72. The Hall–Kier alpha value is -0.610. The van der Waals surface area contributed by atoms with Crippen molar-refractivity contribution >= 4 is 5.91 Å². The van der Waals surface area contributed by atoms with Crippen LogP contribution < -0.4 is 5.32 Å². The van der Waals surface area contributed by atoms with E-state index in [0.717, 1.165) is 50.6 Å². The highest BCUT2D eigenvalue weighted by Crippen LogP contribution is 2.31. The molecule has 1 saturated carbocycles. The number of carbonyl (C=O) groups excluding carboxylic acids is 1. The Labute approximate surface area is 142 Å². The van der Waals surface area contributed by atoms with Gasteiger partial charge in [0.1, 0.15) is 0 Å². The zero-order chi connectivity index (χ0) is 17.1. The van der Waals surface area contributed by atoms with E-state index in [1.807, 2.05) is 0 Å². The van der Waals surface area contributed by atoms with E-state index < -0.39 is 5.60 Å². The monoisotopic (exact) mass is 324 g/mol. The summed E-state index contributed by atoms with van der Waals surface area (Å²) in [6.07, 6.45) is 6.36.